The molecule has 0 atom stereocenters. The summed E-state index contributed by atoms with van der Waals surface area (Å²) in [7, 11) is 0. The first-order valence-corrected chi connectivity index (χ1v) is 7.24. The van der Waals surface area contributed by atoms with Crippen LogP contribution in [0.1, 0.15) is 18.4 Å². The van der Waals surface area contributed by atoms with Crippen molar-refractivity contribution in [3.63, 3.8) is 0 Å². The summed E-state index contributed by atoms with van der Waals surface area (Å²) >= 11 is 0. The predicted octanol–water partition coefficient (Wildman–Crippen LogP) is 0.983. The van der Waals surface area contributed by atoms with Crippen molar-refractivity contribution in [2.45, 2.75) is 25.3 Å². The Bertz CT molecular complexity index is 496. The van der Waals surface area contributed by atoms with Gasteiger partial charge in [-0.15, -0.1) is 0 Å². The number of fused-ring (bicyclic) bond motifs is 1. The maximum Gasteiger partial charge on any atom is 0.238 e. The summed E-state index contributed by atoms with van der Waals surface area (Å²) in [5.41, 5.74) is 7.89. The second kappa shape index (κ2) is 5.81. The Morgan fingerprint density at radius 1 is 1.40 bits per heavy atom. The van der Waals surface area contributed by atoms with E-state index in [1.165, 1.54) is 5.56 Å². The first-order chi connectivity index (χ1) is 9.70. The lowest BCUT2D eigenvalue weighted by Crippen LogP contribution is -2.43. The molecule has 0 radical (unpaired) electrons. The van der Waals surface area contributed by atoms with E-state index < -0.39 is 0 Å². The number of amides is 1. The molecule has 0 aromatic heterocycles. The number of nitrogens with zero attached hydrogens (tertiary/aromatic N) is 1. The monoisotopic (exact) mass is 275 g/mol. The van der Waals surface area contributed by atoms with Crippen LogP contribution in [0.25, 0.3) is 0 Å². The topological polar surface area (TPSA) is 67.6 Å². The number of benzene rings is 1. The summed E-state index contributed by atoms with van der Waals surface area (Å²) in [5.74, 6) is 0.979. The molecule has 1 aromatic carbocycles. The van der Waals surface area contributed by atoms with Crippen LogP contribution in [0.2, 0.25) is 0 Å². The average Bonchev–Trinajstić information content (AvgIpc) is 2.89. The van der Waals surface area contributed by atoms with Crippen LogP contribution in [0.15, 0.2) is 18.2 Å². The lowest BCUT2D eigenvalue weighted by atomic mass is 10.1. The Hall–Kier alpha value is -1.59. The van der Waals surface area contributed by atoms with Crippen LogP contribution in [0.5, 0.6) is 5.75 Å². The van der Waals surface area contributed by atoms with E-state index in [9.17, 15) is 4.79 Å². The third kappa shape index (κ3) is 3.11. The molecule has 0 spiro atoms. The van der Waals surface area contributed by atoms with Crippen LogP contribution in [0.4, 0.5) is 5.69 Å². The zero-order chi connectivity index (χ0) is 13.9. The number of piperidine rings is 1. The fourth-order valence-corrected chi connectivity index (χ4v) is 2.78. The Labute approximate surface area is 119 Å². The van der Waals surface area contributed by atoms with Gasteiger partial charge in [0.2, 0.25) is 5.91 Å². The minimum absolute atomic E-state index is 0.0411. The molecule has 1 fully saturated rings. The van der Waals surface area contributed by atoms with Crippen molar-refractivity contribution in [1.82, 2.24) is 4.90 Å². The number of ether oxygens (including phenoxy) is 1. The number of carbonyl (C=O) groups excluding carboxylic acids is 1. The fraction of sp³-hybridized carbons (Fsp3) is 0.533. The molecule has 20 heavy (non-hydrogen) atoms. The SMILES string of the molecule is NC1CCN(CC(=O)Nc2ccc3c(c2)CCO3)CC1. The van der Waals surface area contributed by atoms with Crippen LogP contribution >= 0.6 is 0 Å². The van der Waals surface area contributed by atoms with E-state index in [2.05, 4.69) is 10.2 Å². The van der Waals surface area contributed by atoms with Crippen LogP contribution in [-0.4, -0.2) is 43.1 Å². The van der Waals surface area contributed by atoms with Crippen molar-refractivity contribution in [1.29, 1.82) is 0 Å². The summed E-state index contributed by atoms with van der Waals surface area (Å²) in [6, 6.07) is 6.13. The summed E-state index contributed by atoms with van der Waals surface area (Å²) in [5, 5.41) is 2.96. The molecule has 5 nitrogen and oxygen atoms in total. The van der Waals surface area contributed by atoms with Crippen LogP contribution in [0.3, 0.4) is 0 Å². The first kappa shape index (κ1) is 13.4. The van der Waals surface area contributed by atoms with Crippen molar-refractivity contribution in [3.05, 3.63) is 23.8 Å². The normalized spacial score (nSPS) is 19.4. The molecule has 2 aliphatic heterocycles. The van der Waals surface area contributed by atoms with Crippen LogP contribution < -0.4 is 15.8 Å². The molecule has 0 unspecified atom stereocenters. The number of nitrogens with two attached hydrogens (primary N) is 1. The largest absolute Gasteiger partial charge is 0.493 e. The number of hydrogen-bond acceptors (Lipinski definition) is 4. The standard InChI is InChI=1S/C15H21N3O2/c16-12-3-6-18(7-4-12)10-15(19)17-13-1-2-14-11(9-13)5-8-20-14/h1-2,9,12H,3-8,10,16H2,(H,17,19). The maximum absolute atomic E-state index is 12.0. The maximum atomic E-state index is 12.0. The molecule has 1 amide bonds. The molecule has 1 saturated heterocycles. The van der Waals surface area contributed by atoms with E-state index in [1.807, 2.05) is 18.2 Å². The Balaban J connectivity index is 1.54. The highest BCUT2D eigenvalue weighted by Gasteiger charge is 2.18. The van der Waals surface area contributed by atoms with Crippen molar-refractivity contribution in [3.8, 4) is 5.75 Å². The minimum Gasteiger partial charge on any atom is -0.493 e. The molecule has 3 rings (SSSR count). The summed E-state index contributed by atoms with van der Waals surface area (Å²) in [6.07, 6.45) is 2.87. The minimum atomic E-state index is 0.0411. The van der Waals surface area contributed by atoms with Crippen molar-refractivity contribution < 1.29 is 9.53 Å². The van der Waals surface area contributed by atoms with Gasteiger partial charge in [-0.3, -0.25) is 9.69 Å². The van der Waals surface area contributed by atoms with E-state index in [0.29, 0.717) is 12.6 Å². The number of carbonyl (C=O) groups is 1. The van der Waals surface area contributed by atoms with Gasteiger partial charge < -0.3 is 15.8 Å². The Morgan fingerprint density at radius 3 is 3.00 bits per heavy atom. The number of nitrogens with one attached hydrogen (secondary N) is 1. The van der Waals surface area contributed by atoms with E-state index in [0.717, 1.165) is 50.4 Å². The zero-order valence-corrected chi connectivity index (χ0v) is 11.6. The van der Waals surface area contributed by atoms with Crippen LogP contribution in [-0.2, 0) is 11.2 Å². The predicted molar refractivity (Wildman–Crippen MR) is 77.9 cm³/mol. The summed E-state index contributed by atoms with van der Waals surface area (Å²) < 4.78 is 5.46. The highest BCUT2D eigenvalue weighted by atomic mass is 16.5. The van der Waals surface area contributed by atoms with Gasteiger partial charge in [-0.2, -0.15) is 0 Å². The van der Waals surface area contributed by atoms with Gasteiger partial charge in [-0.1, -0.05) is 0 Å². The van der Waals surface area contributed by atoms with Gasteiger partial charge in [0.1, 0.15) is 5.75 Å². The van der Waals surface area contributed by atoms with Gasteiger partial charge in [-0.05, 0) is 36.6 Å². The van der Waals surface area contributed by atoms with E-state index in [-0.39, 0.29) is 5.91 Å². The van der Waals surface area contributed by atoms with Crippen molar-refractivity contribution >= 4 is 11.6 Å². The fourth-order valence-electron chi connectivity index (χ4n) is 2.78. The lowest BCUT2D eigenvalue weighted by Gasteiger charge is -2.29. The Kier molecular flexibility index (Phi) is 3.89. The zero-order valence-electron chi connectivity index (χ0n) is 11.6. The molecule has 108 valence electrons. The smallest absolute Gasteiger partial charge is 0.238 e. The lowest BCUT2D eigenvalue weighted by molar-refractivity contribution is -0.117. The van der Waals surface area contributed by atoms with E-state index in [4.69, 9.17) is 10.5 Å². The number of hydrogen-bond donors (Lipinski definition) is 2. The second-order valence-electron chi connectivity index (χ2n) is 5.58. The summed E-state index contributed by atoms with van der Waals surface area (Å²) in [4.78, 5) is 14.2. The molecule has 0 saturated carbocycles. The third-order valence-electron chi connectivity index (χ3n) is 3.97. The number of likely N-dealkylation sites (tertiary alicyclic amines) is 1. The van der Waals surface area contributed by atoms with E-state index in [1.54, 1.807) is 0 Å². The number of rotatable bonds is 3. The van der Waals surface area contributed by atoms with Crippen LogP contribution in [0, 0.1) is 0 Å². The van der Waals surface area contributed by atoms with Crippen molar-refractivity contribution in [2.75, 3.05) is 31.6 Å². The van der Waals surface area contributed by atoms with Crippen molar-refractivity contribution in [2.24, 2.45) is 5.73 Å². The molecule has 2 heterocycles. The van der Waals surface area contributed by atoms with Gasteiger partial charge in [-0.25, -0.2) is 0 Å². The first-order valence-electron chi connectivity index (χ1n) is 7.24. The highest BCUT2D eigenvalue weighted by molar-refractivity contribution is 5.92. The van der Waals surface area contributed by atoms with Gasteiger partial charge in [0.05, 0.1) is 13.2 Å². The van der Waals surface area contributed by atoms with Gasteiger partial charge >= 0.3 is 0 Å². The highest BCUT2D eigenvalue weighted by Crippen LogP contribution is 2.27. The second-order valence-corrected chi connectivity index (χ2v) is 5.58. The molecule has 5 heteroatoms. The average molecular weight is 275 g/mol. The summed E-state index contributed by atoms with van der Waals surface area (Å²) in [6.45, 7) is 3.00. The number of anilines is 1. The molecule has 0 aliphatic carbocycles. The molecule has 2 aliphatic rings. The van der Waals surface area contributed by atoms with Gasteiger partial charge in [0, 0.05) is 31.2 Å². The third-order valence-corrected chi connectivity index (χ3v) is 3.97. The molecular weight excluding hydrogens is 254 g/mol. The molecule has 0 bridgehead atoms. The quantitative estimate of drug-likeness (QED) is 0.863. The molecule has 3 N–H and O–H groups in total. The van der Waals surface area contributed by atoms with E-state index >= 15 is 0 Å². The molecular formula is C15H21N3O2. The van der Waals surface area contributed by atoms with Gasteiger partial charge in [0.15, 0.2) is 0 Å². The Morgan fingerprint density at radius 2 is 2.20 bits per heavy atom. The van der Waals surface area contributed by atoms with Gasteiger partial charge in [0.25, 0.3) is 0 Å². The molecule has 1 aromatic rings.